The molecular formula is C22H29N3O3. The van der Waals surface area contributed by atoms with Crippen LogP contribution >= 0.6 is 0 Å². The maximum atomic E-state index is 10.4. The van der Waals surface area contributed by atoms with E-state index in [9.17, 15) is 5.11 Å². The molecule has 4 rings (SSSR count). The molecule has 1 aromatic heterocycles. The normalized spacial score (nSPS) is 23.9. The van der Waals surface area contributed by atoms with Crippen molar-refractivity contribution in [3.8, 4) is 22.6 Å². The minimum atomic E-state index is -0.520. The molecule has 1 unspecified atom stereocenters. The molecule has 0 radical (unpaired) electrons. The van der Waals surface area contributed by atoms with E-state index in [0.717, 1.165) is 36.1 Å². The molecule has 2 fully saturated rings. The first kappa shape index (κ1) is 19.0. The van der Waals surface area contributed by atoms with Gasteiger partial charge in [-0.25, -0.2) is 4.98 Å². The van der Waals surface area contributed by atoms with Crippen LogP contribution in [0.1, 0.15) is 13.8 Å². The smallest absolute Gasteiger partial charge is 0.123 e. The minimum absolute atomic E-state index is 0.252. The molecule has 3 N–H and O–H groups in total. The number of aliphatic hydroxyl groups is 1. The van der Waals surface area contributed by atoms with E-state index in [1.165, 1.54) is 0 Å². The molecule has 0 bridgehead atoms. The summed E-state index contributed by atoms with van der Waals surface area (Å²) in [5.74, 6) is 3.41. The molecule has 1 aliphatic carbocycles. The third kappa shape index (κ3) is 3.80. The van der Waals surface area contributed by atoms with E-state index in [2.05, 4.69) is 23.7 Å². The van der Waals surface area contributed by atoms with Crippen LogP contribution in [-0.2, 0) is 0 Å². The Balaban J connectivity index is 1.36. The summed E-state index contributed by atoms with van der Waals surface area (Å²) in [4.78, 5) is 6.50. The van der Waals surface area contributed by atoms with Crippen LogP contribution < -0.4 is 15.2 Å². The zero-order chi connectivity index (χ0) is 19.9. The van der Waals surface area contributed by atoms with E-state index in [-0.39, 0.29) is 6.61 Å². The van der Waals surface area contributed by atoms with Crippen molar-refractivity contribution in [2.45, 2.75) is 20.0 Å². The summed E-state index contributed by atoms with van der Waals surface area (Å²) in [6, 6.07) is 9.36. The van der Waals surface area contributed by atoms with Gasteiger partial charge in [0.25, 0.3) is 0 Å². The summed E-state index contributed by atoms with van der Waals surface area (Å²) in [7, 11) is 1.62. The predicted octanol–water partition coefficient (Wildman–Crippen LogP) is 2.67. The number of piperidine rings is 1. The number of nitrogens with two attached hydrogens (primary N) is 1. The first-order valence-electron chi connectivity index (χ1n) is 9.81. The van der Waals surface area contributed by atoms with Crippen molar-refractivity contribution in [3.05, 3.63) is 36.5 Å². The monoisotopic (exact) mass is 383 g/mol. The van der Waals surface area contributed by atoms with Crippen LogP contribution in [0.4, 0.5) is 5.82 Å². The van der Waals surface area contributed by atoms with Crippen LogP contribution in [0.3, 0.4) is 0 Å². The average Bonchev–Trinajstić information content (AvgIpc) is 3.00. The summed E-state index contributed by atoms with van der Waals surface area (Å²) >= 11 is 0. The SMILES string of the molecule is COc1cc(OCC(O)CN2C[C@@H]3[C@H](C2)C3(C)C)cc(-c2ccc(N)nc2)c1. The van der Waals surface area contributed by atoms with E-state index in [1.54, 1.807) is 19.4 Å². The van der Waals surface area contributed by atoms with Gasteiger partial charge >= 0.3 is 0 Å². The number of anilines is 1. The number of nitrogens with zero attached hydrogens (tertiary/aromatic N) is 2. The van der Waals surface area contributed by atoms with Gasteiger partial charge in [-0.3, -0.25) is 0 Å². The molecule has 0 amide bonds. The second-order valence-electron chi connectivity index (χ2n) is 8.59. The highest BCUT2D eigenvalue weighted by Crippen LogP contribution is 2.61. The first-order valence-corrected chi connectivity index (χ1v) is 9.81. The lowest BCUT2D eigenvalue weighted by Gasteiger charge is -2.24. The number of β-amino-alcohol motifs (C(OH)–C–C–N with tert-alkyl or cyclic N) is 1. The fourth-order valence-corrected chi connectivity index (χ4v) is 4.42. The van der Waals surface area contributed by atoms with Gasteiger partial charge in [0.1, 0.15) is 30.0 Å². The molecule has 1 saturated carbocycles. The number of aromatic nitrogens is 1. The Morgan fingerprint density at radius 2 is 1.89 bits per heavy atom. The second kappa shape index (κ2) is 7.26. The number of methoxy groups -OCH3 is 1. The maximum absolute atomic E-state index is 10.4. The number of aliphatic hydroxyl groups excluding tert-OH is 1. The Morgan fingerprint density at radius 3 is 2.54 bits per heavy atom. The zero-order valence-electron chi connectivity index (χ0n) is 16.8. The summed E-state index contributed by atoms with van der Waals surface area (Å²) in [6.45, 7) is 7.76. The minimum Gasteiger partial charge on any atom is -0.497 e. The van der Waals surface area contributed by atoms with Crippen molar-refractivity contribution in [2.24, 2.45) is 17.3 Å². The summed E-state index contributed by atoms with van der Waals surface area (Å²) < 4.78 is 11.3. The van der Waals surface area contributed by atoms with Gasteiger partial charge in [-0.05, 0) is 47.1 Å². The Bertz CT molecular complexity index is 823. The summed E-state index contributed by atoms with van der Waals surface area (Å²) in [6.07, 6.45) is 1.21. The number of likely N-dealkylation sites (tertiary alicyclic amines) is 1. The number of hydrogen-bond donors (Lipinski definition) is 2. The molecule has 2 aliphatic rings. The van der Waals surface area contributed by atoms with Crippen molar-refractivity contribution >= 4 is 5.82 Å². The average molecular weight is 383 g/mol. The Kier molecular flexibility index (Phi) is 4.93. The first-order chi connectivity index (χ1) is 13.4. The van der Waals surface area contributed by atoms with Crippen LogP contribution in [0, 0.1) is 17.3 Å². The van der Waals surface area contributed by atoms with Crippen LogP contribution in [-0.4, -0.2) is 54.4 Å². The quantitative estimate of drug-likeness (QED) is 0.765. The number of ether oxygens (including phenoxy) is 2. The predicted molar refractivity (Wildman–Crippen MR) is 109 cm³/mol. The molecule has 150 valence electrons. The van der Waals surface area contributed by atoms with E-state index < -0.39 is 6.10 Å². The fourth-order valence-electron chi connectivity index (χ4n) is 4.42. The lowest BCUT2D eigenvalue weighted by molar-refractivity contribution is 0.0685. The highest BCUT2D eigenvalue weighted by atomic mass is 16.5. The number of rotatable bonds is 7. The lowest BCUT2D eigenvalue weighted by Crippen LogP contribution is -2.36. The Labute approximate surface area is 166 Å². The molecule has 6 nitrogen and oxygen atoms in total. The van der Waals surface area contributed by atoms with Crippen LogP contribution in [0.5, 0.6) is 11.5 Å². The van der Waals surface area contributed by atoms with E-state index in [1.807, 2.05) is 24.3 Å². The van der Waals surface area contributed by atoms with Gasteiger partial charge in [-0.2, -0.15) is 0 Å². The second-order valence-corrected chi connectivity index (χ2v) is 8.59. The van der Waals surface area contributed by atoms with Crippen LogP contribution in [0.15, 0.2) is 36.5 Å². The van der Waals surface area contributed by atoms with E-state index in [0.29, 0.717) is 29.3 Å². The van der Waals surface area contributed by atoms with Crippen molar-refractivity contribution in [1.29, 1.82) is 0 Å². The van der Waals surface area contributed by atoms with Gasteiger partial charge in [0.2, 0.25) is 0 Å². The van der Waals surface area contributed by atoms with Gasteiger partial charge in [-0.1, -0.05) is 13.8 Å². The number of hydrogen-bond acceptors (Lipinski definition) is 6. The molecule has 6 heteroatoms. The number of fused-ring (bicyclic) bond motifs is 1. The van der Waals surface area contributed by atoms with Crippen LogP contribution in [0.25, 0.3) is 11.1 Å². The largest absolute Gasteiger partial charge is 0.497 e. The van der Waals surface area contributed by atoms with Gasteiger partial charge in [0.05, 0.1) is 7.11 Å². The molecule has 1 aromatic carbocycles. The van der Waals surface area contributed by atoms with Crippen molar-refractivity contribution in [1.82, 2.24) is 9.88 Å². The third-order valence-corrected chi connectivity index (χ3v) is 6.34. The van der Waals surface area contributed by atoms with E-state index in [4.69, 9.17) is 15.2 Å². The molecule has 1 saturated heterocycles. The summed E-state index contributed by atoms with van der Waals surface area (Å²) in [5, 5.41) is 10.4. The third-order valence-electron chi connectivity index (χ3n) is 6.34. The van der Waals surface area contributed by atoms with Crippen molar-refractivity contribution < 1.29 is 14.6 Å². The molecule has 1 aliphatic heterocycles. The Morgan fingerprint density at radius 1 is 1.18 bits per heavy atom. The van der Waals surface area contributed by atoms with Gasteiger partial charge in [0, 0.05) is 37.5 Å². The van der Waals surface area contributed by atoms with Gasteiger partial charge in [-0.15, -0.1) is 0 Å². The van der Waals surface area contributed by atoms with Crippen molar-refractivity contribution in [2.75, 3.05) is 39.1 Å². The van der Waals surface area contributed by atoms with Gasteiger partial charge in [0.15, 0.2) is 0 Å². The number of nitrogen functional groups attached to an aromatic ring is 1. The highest BCUT2D eigenvalue weighted by molar-refractivity contribution is 5.67. The number of benzene rings is 1. The highest BCUT2D eigenvalue weighted by Gasteiger charge is 2.61. The number of pyridine rings is 1. The van der Waals surface area contributed by atoms with Gasteiger partial charge < -0.3 is 25.2 Å². The lowest BCUT2D eigenvalue weighted by atomic mass is 10.1. The molecule has 2 heterocycles. The molecule has 3 atom stereocenters. The molecular weight excluding hydrogens is 354 g/mol. The maximum Gasteiger partial charge on any atom is 0.123 e. The van der Waals surface area contributed by atoms with Crippen molar-refractivity contribution in [3.63, 3.8) is 0 Å². The Hall–Kier alpha value is -2.31. The molecule has 28 heavy (non-hydrogen) atoms. The van der Waals surface area contributed by atoms with Crippen LogP contribution in [0.2, 0.25) is 0 Å². The fraction of sp³-hybridized carbons (Fsp3) is 0.500. The standard InChI is InChI=1S/C22H29N3O3/c1-22(2)19-11-25(12-20(19)22)10-16(26)13-28-18-7-15(6-17(8-18)27-3)14-4-5-21(23)24-9-14/h4-9,16,19-20,26H,10-13H2,1-3H3,(H2,23,24)/t16?,19-,20+. The topological polar surface area (TPSA) is 80.8 Å². The van der Waals surface area contributed by atoms with E-state index >= 15 is 0 Å². The zero-order valence-corrected chi connectivity index (χ0v) is 16.8. The summed E-state index contributed by atoms with van der Waals surface area (Å²) in [5.41, 5.74) is 8.02. The molecule has 2 aromatic rings. The molecule has 0 spiro atoms.